The monoisotopic (exact) mass is 427 g/mol. The van der Waals surface area contributed by atoms with E-state index in [1.54, 1.807) is 20.8 Å². The quantitative estimate of drug-likeness (QED) is 0.793. The van der Waals surface area contributed by atoms with Crippen LogP contribution < -0.4 is 10.2 Å². The molecule has 0 aromatic heterocycles. The molecule has 0 fully saturated rings. The van der Waals surface area contributed by atoms with Gasteiger partial charge in [0.15, 0.2) is 0 Å². The maximum absolute atomic E-state index is 14.2. The third kappa shape index (κ3) is 5.10. The molecule has 1 aliphatic heterocycles. The molecule has 3 rings (SSSR count). The van der Waals surface area contributed by atoms with Crippen molar-refractivity contribution in [3.8, 4) is 6.07 Å². The van der Waals surface area contributed by atoms with Crippen molar-refractivity contribution < 1.29 is 18.7 Å². The Morgan fingerprint density at radius 2 is 2.03 bits per heavy atom. The number of anilines is 1. The van der Waals surface area contributed by atoms with Crippen molar-refractivity contribution in [2.75, 3.05) is 10.7 Å². The second-order valence-corrected chi connectivity index (χ2v) is 8.89. The standard InChI is InChI=1S/C22H22FN3O3S/c1-22(2,3)29-21(28)25-17-13-30-19-10-16(23)15(11-24)9-18(19)26(20(17)27)12-14-7-5-4-6-8-14/h4-10,17H,12-13H2,1-3H3,(H,25,28)/t17-/m0/s1. The van der Waals surface area contributed by atoms with Crippen LogP contribution in [0.15, 0.2) is 47.4 Å². The second kappa shape index (κ2) is 8.76. The minimum atomic E-state index is -0.866. The number of fused-ring (bicyclic) bond motifs is 1. The van der Waals surface area contributed by atoms with Crippen LogP contribution in [0.1, 0.15) is 31.9 Å². The first-order valence-electron chi connectivity index (χ1n) is 9.39. The van der Waals surface area contributed by atoms with Crippen LogP contribution in [-0.2, 0) is 16.1 Å². The van der Waals surface area contributed by atoms with Gasteiger partial charge >= 0.3 is 6.09 Å². The van der Waals surface area contributed by atoms with Gasteiger partial charge in [-0.1, -0.05) is 30.3 Å². The van der Waals surface area contributed by atoms with Crippen LogP contribution in [0.2, 0.25) is 0 Å². The molecule has 0 spiro atoms. The number of hydrogen-bond donors (Lipinski definition) is 1. The summed E-state index contributed by atoms with van der Waals surface area (Å²) >= 11 is 1.25. The predicted molar refractivity (Wildman–Crippen MR) is 113 cm³/mol. The highest BCUT2D eigenvalue weighted by Crippen LogP contribution is 2.37. The first-order chi connectivity index (χ1) is 14.2. The summed E-state index contributed by atoms with van der Waals surface area (Å²) in [6, 6.07) is 12.9. The lowest BCUT2D eigenvalue weighted by molar-refractivity contribution is -0.120. The molecular weight excluding hydrogens is 405 g/mol. The number of halogens is 1. The fourth-order valence-corrected chi connectivity index (χ4v) is 4.07. The number of nitrogens with one attached hydrogen (secondary N) is 1. The molecule has 156 valence electrons. The molecule has 1 atom stereocenters. The van der Waals surface area contributed by atoms with E-state index >= 15 is 0 Å². The highest BCUT2D eigenvalue weighted by Gasteiger charge is 2.34. The molecule has 0 radical (unpaired) electrons. The number of thioether (sulfide) groups is 1. The number of benzene rings is 2. The van der Waals surface area contributed by atoms with Crippen LogP contribution in [0, 0.1) is 17.1 Å². The van der Waals surface area contributed by atoms with Gasteiger partial charge in [-0.15, -0.1) is 11.8 Å². The highest BCUT2D eigenvalue weighted by atomic mass is 32.2. The Morgan fingerprint density at radius 1 is 1.33 bits per heavy atom. The predicted octanol–water partition coefficient (Wildman–Crippen LogP) is 4.23. The van der Waals surface area contributed by atoms with Crippen molar-refractivity contribution in [1.29, 1.82) is 5.26 Å². The van der Waals surface area contributed by atoms with Crippen LogP contribution in [0.4, 0.5) is 14.9 Å². The molecule has 2 amide bonds. The van der Waals surface area contributed by atoms with Gasteiger partial charge in [0.05, 0.1) is 17.8 Å². The molecule has 1 aliphatic rings. The van der Waals surface area contributed by atoms with Gasteiger partial charge < -0.3 is 15.0 Å². The number of ether oxygens (including phenoxy) is 1. The normalized spacial score (nSPS) is 16.3. The minimum Gasteiger partial charge on any atom is -0.444 e. The van der Waals surface area contributed by atoms with Crippen LogP contribution in [0.3, 0.4) is 0 Å². The Kier molecular flexibility index (Phi) is 6.32. The fourth-order valence-electron chi connectivity index (χ4n) is 2.99. The first kappa shape index (κ1) is 21.7. The molecule has 0 saturated heterocycles. The first-order valence-corrected chi connectivity index (χ1v) is 10.4. The largest absolute Gasteiger partial charge is 0.444 e. The topological polar surface area (TPSA) is 82.4 Å². The molecule has 0 unspecified atom stereocenters. The van der Waals surface area contributed by atoms with E-state index < -0.39 is 23.6 Å². The van der Waals surface area contributed by atoms with E-state index in [0.29, 0.717) is 10.6 Å². The van der Waals surface area contributed by atoms with Gasteiger partial charge in [0, 0.05) is 10.6 Å². The number of alkyl carbamates (subject to hydrolysis) is 1. The zero-order chi connectivity index (χ0) is 21.9. The third-order valence-electron chi connectivity index (χ3n) is 4.30. The summed E-state index contributed by atoms with van der Waals surface area (Å²) in [5.74, 6) is -0.789. The number of rotatable bonds is 3. The summed E-state index contributed by atoms with van der Waals surface area (Å²) < 4.78 is 19.5. The van der Waals surface area contributed by atoms with Crippen molar-refractivity contribution in [3.63, 3.8) is 0 Å². The van der Waals surface area contributed by atoms with Gasteiger partial charge in [-0.3, -0.25) is 4.79 Å². The Morgan fingerprint density at radius 3 is 2.67 bits per heavy atom. The number of amides is 2. The van der Waals surface area contributed by atoms with Gasteiger partial charge in [0.2, 0.25) is 0 Å². The number of nitrogens with zero attached hydrogens (tertiary/aromatic N) is 2. The Bertz CT molecular complexity index is 999. The maximum Gasteiger partial charge on any atom is 0.408 e. The van der Waals surface area contributed by atoms with Crippen molar-refractivity contribution in [1.82, 2.24) is 5.32 Å². The summed E-state index contributed by atoms with van der Waals surface area (Å²) in [5, 5.41) is 11.9. The Labute approximate surface area is 179 Å². The molecule has 1 heterocycles. The SMILES string of the molecule is CC(C)(C)OC(=O)N[C@H]1CSc2cc(F)c(C#N)cc2N(Cc2ccccc2)C1=O. The maximum atomic E-state index is 14.2. The van der Waals surface area contributed by atoms with Crippen molar-refractivity contribution >= 4 is 29.4 Å². The fraction of sp³-hybridized carbons (Fsp3) is 0.318. The molecule has 8 heteroatoms. The summed E-state index contributed by atoms with van der Waals surface area (Å²) in [7, 11) is 0. The van der Waals surface area contributed by atoms with E-state index in [1.807, 2.05) is 36.4 Å². The zero-order valence-corrected chi connectivity index (χ0v) is 17.8. The van der Waals surface area contributed by atoms with E-state index in [1.165, 1.54) is 28.8 Å². The van der Waals surface area contributed by atoms with E-state index in [4.69, 9.17) is 4.74 Å². The number of hydrogen-bond acceptors (Lipinski definition) is 5. The lowest BCUT2D eigenvalue weighted by Gasteiger charge is -2.27. The summed E-state index contributed by atoms with van der Waals surface area (Å²) in [6.45, 7) is 5.43. The summed E-state index contributed by atoms with van der Waals surface area (Å²) in [4.78, 5) is 27.6. The molecule has 30 heavy (non-hydrogen) atoms. The molecule has 0 saturated carbocycles. The number of carbonyl (C=O) groups is 2. The van der Waals surface area contributed by atoms with Gasteiger partial charge in [0.25, 0.3) is 5.91 Å². The molecule has 6 nitrogen and oxygen atoms in total. The molecular formula is C22H22FN3O3S. The lowest BCUT2D eigenvalue weighted by Crippen LogP contribution is -2.50. The van der Waals surface area contributed by atoms with Crippen molar-refractivity contribution in [2.24, 2.45) is 0 Å². The summed E-state index contributed by atoms with van der Waals surface area (Å²) in [6.07, 6.45) is -0.698. The molecule has 2 aromatic carbocycles. The Hall–Kier alpha value is -3.05. The van der Waals surface area contributed by atoms with Crippen molar-refractivity contribution in [3.05, 3.63) is 59.4 Å². The van der Waals surface area contributed by atoms with Crippen LogP contribution in [0.5, 0.6) is 0 Å². The van der Waals surface area contributed by atoms with Crippen molar-refractivity contribution in [2.45, 2.75) is 43.9 Å². The van der Waals surface area contributed by atoms with Gasteiger partial charge in [-0.25, -0.2) is 9.18 Å². The highest BCUT2D eigenvalue weighted by molar-refractivity contribution is 7.99. The molecule has 0 aliphatic carbocycles. The van der Waals surface area contributed by atoms with E-state index in [2.05, 4.69) is 5.32 Å². The average molecular weight is 428 g/mol. The minimum absolute atomic E-state index is 0.140. The molecule has 0 bridgehead atoms. The van der Waals surface area contributed by atoms with Gasteiger partial charge in [-0.2, -0.15) is 5.26 Å². The van der Waals surface area contributed by atoms with Gasteiger partial charge in [-0.05, 0) is 38.5 Å². The third-order valence-corrected chi connectivity index (χ3v) is 5.44. The summed E-state index contributed by atoms with van der Waals surface area (Å²) in [5.41, 5.74) is 0.462. The zero-order valence-electron chi connectivity index (χ0n) is 16.9. The van der Waals surface area contributed by atoms with E-state index in [9.17, 15) is 19.2 Å². The number of carbonyl (C=O) groups excluding carboxylic acids is 2. The second-order valence-electron chi connectivity index (χ2n) is 7.83. The molecule has 1 N–H and O–H groups in total. The number of nitriles is 1. The van der Waals surface area contributed by atoms with Crippen LogP contribution in [-0.4, -0.2) is 29.4 Å². The van der Waals surface area contributed by atoms with E-state index in [-0.39, 0.29) is 23.8 Å². The Balaban J connectivity index is 1.97. The average Bonchev–Trinajstić information content (AvgIpc) is 2.79. The van der Waals surface area contributed by atoms with Crippen LogP contribution in [0.25, 0.3) is 0 Å². The van der Waals surface area contributed by atoms with Gasteiger partial charge in [0.1, 0.15) is 23.5 Å². The van der Waals surface area contributed by atoms with Crippen LogP contribution >= 0.6 is 11.8 Å². The smallest absolute Gasteiger partial charge is 0.408 e. The lowest BCUT2D eigenvalue weighted by atomic mass is 10.1. The molecule has 2 aromatic rings. The van der Waals surface area contributed by atoms with E-state index in [0.717, 1.165) is 5.56 Å².